The Hall–Kier alpha value is -3.06. The van der Waals surface area contributed by atoms with Gasteiger partial charge >= 0.3 is 0 Å². The number of hydrogen-bond acceptors (Lipinski definition) is 4. The zero-order valence-electron chi connectivity index (χ0n) is 15.1. The van der Waals surface area contributed by atoms with Crippen molar-refractivity contribution in [3.8, 4) is 5.69 Å². The molecule has 0 bridgehead atoms. The lowest BCUT2D eigenvalue weighted by molar-refractivity contribution is -0.119. The second-order valence-electron chi connectivity index (χ2n) is 5.96. The molecule has 0 unspecified atom stereocenters. The molecule has 0 fully saturated rings. The van der Waals surface area contributed by atoms with Crippen molar-refractivity contribution in [2.24, 2.45) is 0 Å². The maximum atomic E-state index is 12.1. The fraction of sp³-hybridized carbons (Fsp3) is 0.150. The molecule has 0 saturated carbocycles. The van der Waals surface area contributed by atoms with Crippen LogP contribution in [0.5, 0.6) is 0 Å². The van der Waals surface area contributed by atoms with Gasteiger partial charge in [0.05, 0.1) is 11.4 Å². The second kappa shape index (κ2) is 8.55. The minimum absolute atomic E-state index is 0.136. The summed E-state index contributed by atoms with van der Waals surface area (Å²) in [6.45, 7) is 4.12. The lowest BCUT2D eigenvalue weighted by Gasteiger charge is -2.12. The van der Waals surface area contributed by atoms with Gasteiger partial charge in [0, 0.05) is 18.0 Å². The van der Waals surface area contributed by atoms with Crippen molar-refractivity contribution in [3.05, 3.63) is 77.6 Å². The largest absolute Gasteiger partial charge is 0.295 e. The van der Waals surface area contributed by atoms with Gasteiger partial charge in [-0.1, -0.05) is 42.1 Å². The van der Waals surface area contributed by atoms with Crippen molar-refractivity contribution >= 4 is 23.6 Å². The van der Waals surface area contributed by atoms with Crippen LogP contribution in [0.15, 0.2) is 66.1 Å². The predicted molar refractivity (Wildman–Crippen MR) is 106 cm³/mol. The van der Waals surface area contributed by atoms with Gasteiger partial charge in [0.25, 0.3) is 5.91 Å². The zero-order chi connectivity index (χ0) is 19.2. The van der Waals surface area contributed by atoms with E-state index in [0.29, 0.717) is 10.7 Å². The minimum atomic E-state index is -0.356. The highest BCUT2D eigenvalue weighted by molar-refractivity contribution is 7.99. The molecule has 2 aromatic carbocycles. The van der Waals surface area contributed by atoms with E-state index in [9.17, 15) is 9.59 Å². The van der Waals surface area contributed by atoms with Crippen LogP contribution in [0, 0.1) is 13.8 Å². The highest BCUT2D eigenvalue weighted by Gasteiger charge is 2.12. The summed E-state index contributed by atoms with van der Waals surface area (Å²) >= 11 is 1.31. The Morgan fingerprint density at radius 1 is 1.04 bits per heavy atom. The molecule has 0 aliphatic heterocycles. The van der Waals surface area contributed by atoms with Gasteiger partial charge in [-0.05, 0) is 43.2 Å². The number of thioether (sulfide) groups is 1. The van der Waals surface area contributed by atoms with E-state index in [2.05, 4.69) is 35.7 Å². The van der Waals surface area contributed by atoms with Crippen LogP contribution >= 0.6 is 11.8 Å². The van der Waals surface area contributed by atoms with Gasteiger partial charge in [-0.25, -0.2) is 4.98 Å². The fourth-order valence-corrected chi connectivity index (χ4v) is 3.30. The van der Waals surface area contributed by atoms with Crippen LogP contribution in [0.25, 0.3) is 5.69 Å². The van der Waals surface area contributed by atoms with Crippen molar-refractivity contribution in [2.75, 3.05) is 5.75 Å². The Morgan fingerprint density at radius 2 is 1.81 bits per heavy atom. The van der Waals surface area contributed by atoms with Gasteiger partial charge in [0.2, 0.25) is 5.91 Å². The number of imidazole rings is 1. The monoisotopic (exact) mass is 380 g/mol. The topological polar surface area (TPSA) is 76.0 Å². The number of nitrogens with zero attached hydrogens (tertiary/aromatic N) is 2. The van der Waals surface area contributed by atoms with E-state index in [1.807, 2.05) is 29.0 Å². The van der Waals surface area contributed by atoms with E-state index < -0.39 is 0 Å². The van der Waals surface area contributed by atoms with Gasteiger partial charge in [-0.15, -0.1) is 0 Å². The highest BCUT2D eigenvalue weighted by atomic mass is 32.2. The number of amides is 2. The van der Waals surface area contributed by atoms with Gasteiger partial charge in [-0.3, -0.25) is 25.0 Å². The normalized spacial score (nSPS) is 10.4. The van der Waals surface area contributed by atoms with E-state index in [1.165, 1.54) is 17.3 Å². The molecule has 27 heavy (non-hydrogen) atoms. The van der Waals surface area contributed by atoms with Gasteiger partial charge < -0.3 is 0 Å². The van der Waals surface area contributed by atoms with E-state index in [0.717, 1.165) is 11.3 Å². The molecular weight excluding hydrogens is 360 g/mol. The number of hydrazine groups is 1. The summed E-state index contributed by atoms with van der Waals surface area (Å²) in [7, 11) is 0. The SMILES string of the molecule is Cc1cccc(-n2ccnc2SCC(=O)NNC(=O)c2ccccc2)c1C. The van der Waals surface area contributed by atoms with Gasteiger partial charge in [0.1, 0.15) is 0 Å². The third kappa shape index (κ3) is 4.57. The van der Waals surface area contributed by atoms with E-state index >= 15 is 0 Å². The number of carbonyl (C=O) groups is 2. The number of rotatable bonds is 5. The zero-order valence-corrected chi connectivity index (χ0v) is 15.9. The number of aromatic nitrogens is 2. The van der Waals surface area contributed by atoms with Crippen molar-refractivity contribution in [3.63, 3.8) is 0 Å². The number of hydrogen-bond donors (Lipinski definition) is 2. The molecule has 0 spiro atoms. The average Bonchev–Trinajstić information content (AvgIpc) is 3.15. The fourth-order valence-electron chi connectivity index (χ4n) is 2.53. The summed E-state index contributed by atoms with van der Waals surface area (Å²) in [5.74, 6) is -0.526. The summed E-state index contributed by atoms with van der Waals surface area (Å²) in [6.07, 6.45) is 3.58. The van der Waals surface area contributed by atoms with Crippen molar-refractivity contribution < 1.29 is 9.59 Å². The van der Waals surface area contributed by atoms with Crippen LogP contribution in [0.1, 0.15) is 21.5 Å². The maximum absolute atomic E-state index is 12.1. The number of nitrogens with one attached hydrogen (secondary N) is 2. The molecule has 7 heteroatoms. The molecule has 0 radical (unpaired) electrons. The molecular formula is C20H20N4O2S. The summed E-state index contributed by atoms with van der Waals surface area (Å²) in [4.78, 5) is 28.3. The average molecular weight is 380 g/mol. The molecule has 0 aliphatic rings. The molecule has 1 aromatic heterocycles. The predicted octanol–water partition coefficient (Wildman–Crippen LogP) is 3.04. The molecule has 0 aliphatic carbocycles. The maximum Gasteiger partial charge on any atom is 0.269 e. The van der Waals surface area contributed by atoms with E-state index in [4.69, 9.17) is 0 Å². The van der Waals surface area contributed by atoms with Gasteiger partial charge in [0.15, 0.2) is 5.16 Å². The van der Waals surface area contributed by atoms with E-state index in [1.54, 1.807) is 30.5 Å². The molecule has 2 N–H and O–H groups in total. The number of aryl methyl sites for hydroxylation is 1. The van der Waals surface area contributed by atoms with Crippen LogP contribution < -0.4 is 10.9 Å². The highest BCUT2D eigenvalue weighted by Crippen LogP contribution is 2.24. The smallest absolute Gasteiger partial charge is 0.269 e. The van der Waals surface area contributed by atoms with Crippen LogP contribution in [-0.4, -0.2) is 27.1 Å². The van der Waals surface area contributed by atoms with Crippen LogP contribution in [0.3, 0.4) is 0 Å². The van der Waals surface area contributed by atoms with E-state index in [-0.39, 0.29) is 17.6 Å². The molecule has 0 atom stereocenters. The van der Waals surface area contributed by atoms with Crippen LogP contribution in [-0.2, 0) is 4.79 Å². The molecule has 3 rings (SSSR count). The summed E-state index contributed by atoms with van der Waals surface area (Å²) in [5.41, 5.74) is 8.71. The summed E-state index contributed by atoms with van der Waals surface area (Å²) in [5, 5.41) is 0.716. The molecule has 6 nitrogen and oxygen atoms in total. The van der Waals surface area contributed by atoms with Crippen molar-refractivity contribution in [1.82, 2.24) is 20.4 Å². The first-order valence-electron chi connectivity index (χ1n) is 8.43. The first-order chi connectivity index (χ1) is 13.1. The second-order valence-corrected chi connectivity index (χ2v) is 6.90. The van der Waals surface area contributed by atoms with Crippen LogP contribution in [0.2, 0.25) is 0 Å². The Bertz CT molecular complexity index is 954. The third-order valence-corrected chi connectivity index (χ3v) is 5.09. The molecule has 0 saturated heterocycles. The lowest BCUT2D eigenvalue weighted by Crippen LogP contribution is -2.42. The third-order valence-electron chi connectivity index (χ3n) is 4.13. The van der Waals surface area contributed by atoms with Gasteiger partial charge in [-0.2, -0.15) is 0 Å². The molecule has 1 heterocycles. The summed E-state index contributed by atoms with van der Waals surface area (Å²) in [6, 6.07) is 14.8. The van der Waals surface area contributed by atoms with Crippen LogP contribution in [0.4, 0.5) is 0 Å². The lowest BCUT2D eigenvalue weighted by atomic mass is 10.1. The Balaban J connectivity index is 1.58. The Labute approximate surface area is 162 Å². The molecule has 3 aromatic rings. The molecule has 138 valence electrons. The Kier molecular flexibility index (Phi) is 5.93. The standard InChI is InChI=1S/C20H20N4O2S/c1-14-7-6-10-17(15(14)2)24-12-11-21-20(24)27-13-18(25)22-23-19(26)16-8-4-3-5-9-16/h3-12H,13H2,1-2H3,(H,22,25)(H,23,26). The quantitative estimate of drug-likeness (QED) is 0.527. The summed E-state index contributed by atoms with van der Waals surface area (Å²) < 4.78 is 1.96. The number of carbonyl (C=O) groups excluding carboxylic acids is 2. The Morgan fingerprint density at radius 3 is 2.59 bits per heavy atom. The first kappa shape index (κ1) is 18.7. The van der Waals surface area contributed by atoms with Crippen molar-refractivity contribution in [2.45, 2.75) is 19.0 Å². The number of benzene rings is 2. The first-order valence-corrected chi connectivity index (χ1v) is 9.42. The molecule has 2 amide bonds. The van der Waals surface area contributed by atoms with Crippen molar-refractivity contribution in [1.29, 1.82) is 0 Å². The minimum Gasteiger partial charge on any atom is -0.295 e.